The standard InChI is InChI=1S/C16H24F2N2O2.ClH/c1-16(2)10-20(7-6-14(16)19)9-11-4-5-12(21-3)8-13(11)22-15(17)18;/h4-5,8,14-15H,6-7,9-10,19H2,1-3H3;1H. The molecule has 0 radical (unpaired) electrons. The Labute approximate surface area is 142 Å². The number of benzene rings is 1. The van der Waals surface area contributed by atoms with E-state index in [1.54, 1.807) is 12.1 Å². The van der Waals surface area contributed by atoms with Crippen molar-refractivity contribution >= 4 is 12.4 Å². The fourth-order valence-corrected chi connectivity index (χ4v) is 2.86. The number of alkyl halides is 2. The van der Waals surface area contributed by atoms with Gasteiger partial charge in [-0.25, -0.2) is 0 Å². The average Bonchev–Trinajstić information content (AvgIpc) is 2.44. The number of likely N-dealkylation sites (tertiary alicyclic amines) is 1. The number of piperidine rings is 1. The third kappa shape index (κ3) is 5.19. The summed E-state index contributed by atoms with van der Waals surface area (Å²) in [5.74, 6) is 0.669. The molecule has 1 aliphatic heterocycles. The van der Waals surface area contributed by atoms with Gasteiger partial charge in [-0.05, 0) is 17.9 Å². The van der Waals surface area contributed by atoms with Crippen LogP contribution in [0, 0.1) is 5.41 Å². The molecule has 1 aromatic carbocycles. The highest BCUT2D eigenvalue weighted by atomic mass is 35.5. The zero-order valence-electron chi connectivity index (χ0n) is 13.7. The predicted molar refractivity (Wildman–Crippen MR) is 88.5 cm³/mol. The quantitative estimate of drug-likeness (QED) is 0.885. The van der Waals surface area contributed by atoms with Crippen molar-refractivity contribution in [1.82, 2.24) is 4.90 Å². The van der Waals surface area contributed by atoms with Gasteiger partial charge in [0.1, 0.15) is 11.5 Å². The van der Waals surface area contributed by atoms with Crippen molar-refractivity contribution in [2.24, 2.45) is 11.1 Å². The van der Waals surface area contributed by atoms with E-state index in [0.717, 1.165) is 25.1 Å². The van der Waals surface area contributed by atoms with Gasteiger partial charge in [0, 0.05) is 37.3 Å². The van der Waals surface area contributed by atoms with Crippen LogP contribution in [-0.2, 0) is 6.54 Å². The van der Waals surface area contributed by atoms with Crippen molar-refractivity contribution in [3.8, 4) is 11.5 Å². The summed E-state index contributed by atoms with van der Waals surface area (Å²) in [5, 5.41) is 0. The molecule has 0 amide bonds. The van der Waals surface area contributed by atoms with Crippen LogP contribution in [0.4, 0.5) is 8.78 Å². The Morgan fingerprint density at radius 2 is 2.09 bits per heavy atom. The molecule has 1 atom stereocenters. The Hall–Kier alpha value is -1.11. The minimum atomic E-state index is -2.85. The van der Waals surface area contributed by atoms with Crippen molar-refractivity contribution in [2.45, 2.75) is 39.5 Å². The normalized spacial score (nSPS) is 20.9. The largest absolute Gasteiger partial charge is 0.497 e. The van der Waals surface area contributed by atoms with Crippen LogP contribution in [0.3, 0.4) is 0 Å². The van der Waals surface area contributed by atoms with Crippen molar-refractivity contribution in [2.75, 3.05) is 20.2 Å². The lowest BCUT2D eigenvalue weighted by molar-refractivity contribution is -0.0510. The molecule has 0 aliphatic carbocycles. The fraction of sp³-hybridized carbons (Fsp3) is 0.625. The third-order valence-corrected chi connectivity index (χ3v) is 4.28. The SMILES string of the molecule is COc1ccc(CN2CCC(N)C(C)(C)C2)c(OC(F)F)c1.Cl. The lowest BCUT2D eigenvalue weighted by atomic mass is 9.79. The van der Waals surface area contributed by atoms with E-state index in [1.165, 1.54) is 13.2 Å². The summed E-state index contributed by atoms with van der Waals surface area (Å²) < 4.78 is 34.9. The number of halogens is 3. The molecule has 132 valence electrons. The predicted octanol–water partition coefficient (Wildman–Crippen LogP) is 3.28. The van der Waals surface area contributed by atoms with Gasteiger partial charge in [-0.15, -0.1) is 12.4 Å². The monoisotopic (exact) mass is 350 g/mol. The van der Waals surface area contributed by atoms with Gasteiger partial charge in [0.15, 0.2) is 0 Å². The van der Waals surface area contributed by atoms with Gasteiger partial charge in [-0.2, -0.15) is 8.78 Å². The molecule has 2 rings (SSSR count). The molecule has 1 aromatic rings. The van der Waals surface area contributed by atoms with E-state index in [2.05, 4.69) is 23.5 Å². The molecule has 2 N–H and O–H groups in total. The second-order valence-electron chi connectivity index (χ2n) is 6.45. The van der Waals surface area contributed by atoms with Gasteiger partial charge in [-0.1, -0.05) is 19.9 Å². The molecule has 1 heterocycles. The van der Waals surface area contributed by atoms with Gasteiger partial charge < -0.3 is 15.2 Å². The Balaban J connectivity index is 0.00000264. The van der Waals surface area contributed by atoms with Gasteiger partial charge in [-0.3, -0.25) is 4.90 Å². The summed E-state index contributed by atoms with van der Waals surface area (Å²) in [6, 6.07) is 5.20. The van der Waals surface area contributed by atoms with E-state index in [9.17, 15) is 8.78 Å². The highest BCUT2D eigenvalue weighted by Gasteiger charge is 2.33. The van der Waals surface area contributed by atoms with Crippen LogP contribution in [0.5, 0.6) is 11.5 Å². The van der Waals surface area contributed by atoms with E-state index in [1.807, 2.05) is 0 Å². The van der Waals surface area contributed by atoms with Gasteiger partial charge in [0.2, 0.25) is 0 Å². The fourth-order valence-electron chi connectivity index (χ4n) is 2.86. The summed E-state index contributed by atoms with van der Waals surface area (Å²) >= 11 is 0. The number of methoxy groups -OCH3 is 1. The third-order valence-electron chi connectivity index (χ3n) is 4.28. The molecular weight excluding hydrogens is 326 g/mol. The average molecular weight is 351 g/mol. The zero-order chi connectivity index (χ0) is 16.3. The maximum absolute atomic E-state index is 12.6. The Kier molecular flexibility index (Phi) is 7.04. The first-order valence-electron chi connectivity index (χ1n) is 7.41. The molecule has 1 aliphatic rings. The van der Waals surface area contributed by atoms with Gasteiger partial charge >= 0.3 is 6.61 Å². The maximum atomic E-state index is 12.6. The first-order chi connectivity index (χ1) is 10.3. The van der Waals surface area contributed by atoms with Crippen LogP contribution in [0.2, 0.25) is 0 Å². The summed E-state index contributed by atoms with van der Waals surface area (Å²) in [4.78, 5) is 2.23. The molecule has 1 fully saturated rings. The highest BCUT2D eigenvalue weighted by molar-refractivity contribution is 5.85. The number of nitrogens with zero attached hydrogens (tertiary/aromatic N) is 1. The lowest BCUT2D eigenvalue weighted by Gasteiger charge is -2.42. The van der Waals surface area contributed by atoms with Gasteiger partial charge in [0.25, 0.3) is 0 Å². The van der Waals surface area contributed by atoms with Crippen LogP contribution in [0.25, 0.3) is 0 Å². The summed E-state index contributed by atoms with van der Waals surface area (Å²) in [6.45, 7) is 3.65. The van der Waals surface area contributed by atoms with Crippen LogP contribution in [0.15, 0.2) is 18.2 Å². The summed E-state index contributed by atoms with van der Waals surface area (Å²) in [6.07, 6.45) is 0.897. The lowest BCUT2D eigenvalue weighted by Crippen LogP contribution is -2.52. The molecule has 0 bridgehead atoms. The van der Waals surface area contributed by atoms with Crippen molar-refractivity contribution in [3.63, 3.8) is 0 Å². The van der Waals surface area contributed by atoms with Crippen molar-refractivity contribution < 1.29 is 18.3 Å². The summed E-state index contributed by atoms with van der Waals surface area (Å²) in [7, 11) is 1.50. The Bertz CT molecular complexity index is 515. The molecule has 23 heavy (non-hydrogen) atoms. The van der Waals surface area contributed by atoms with E-state index in [0.29, 0.717) is 12.3 Å². The minimum absolute atomic E-state index is 0. The van der Waals surface area contributed by atoms with Crippen LogP contribution < -0.4 is 15.2 Å². The van der Waals surface area contributed by atoms with E-state index >= 15 is 0 Å². The highest BCUT2D eigenvalue weighted by Crippen LogP contribution is 2.32. The smallest absolute Gasteiger partial charge is 0.387 e. The Morgan fingerprint density at radius 3 is 2.65 bits per heavy atom. The minimum Gasteiger partial charge on any atom is -0.497 e. The van der Waals surface area contributed by atoms with Crippen molar-refractivity contribution in [3.05, 3.63) is 23.8 Å². The van der Waals surface area contributed by atoms with Gasteiger partial charge in [0.05, 0.1) is 7.11 Å². The molecular formula is C16H25ClF2N2O2. The second-order valence-corrected chi connectivity index (χ2v) is 6.45. The number of hydrogen-bond donors (Lipinski definition) is 1. The molecule has 1 unspecified atom stereocenters. The van der Waals surface area contributed by atoms with E-state index < -0.39 is 6.61 Å². The molecule has 0 spiro atoms. The first-order valence-corrected chi connectivity index (χ1v) is 7.41. The molecule has 7 heteroatoms. The van der Waals surface area contributed by atoms with E-state index in [4.69, 9.17) is 10.5 Å². The topological polar surface area (TPSA) is 47.7 Å². The Morgan fingerprint density at radius 1 is 1.39 bits per heavy atom. The molecule has 1 saturated heterocycles. The maximum Gasteiger partial charge on any atom is 0.387 e. The van der Waals surface area contributed by atoms with Crippen LogP contribution in [0.1, 0.15) is 25.8 Å². The van der Waals surface area contributed by atoms with Crippen LogP contribution in [-0.4, -0.2) is 37.8 Å². The second kappa shape index (κ2) is 8.13. The number of nitrogens with two attached hydrogens (primary N) is 1. The summed E-state index contributed by atoms with van der Waals surface area (Å²) in [5.41, 5.74) is 6.87. The number of hydrogen-bond acceptors (Lipinski definition) is 4. The first kappa shape index (κ1) is 19.9. The number of rotatable bonds is 5. The van der Waals surface area contributed by atoms with Crippen LogP contribution >= 0.6 is 12.4 Å². The van der Waals surface area contributed by atoms with E-state index in [-0.39, 0.29) is 29.6 Å². The zero-order valence-corrected chi connectivity index (χ0v) is 14.5. The molecule has 4 nitrogen and oxygen atoms in total. The number of ether oxygens (including phenoxy) is 2. The molecule has 0 aromatic heterocycles. The van der Waals surface area contributed by atoms with Crippen molar-refractivity contribution in [1.29, 1.82) is 0 Å². The molecule has 0 saturated carbocycles.